The highest BCUT2D eigenvalue weighted by atomic mass is 32.2. The Kier molecular flexibility index (Phi) is 7.14. The van der Waals surface area contributed by atoms with Gasteiger partial charge in [-0.25, -0.2) is 18.0 Å². The van der Waals surface area contributed by atoms with E-state index in [9.17, 15) is 22.8 Å². The molecule has 3 rings (SSSR count). The van der Waals surface area contributed by atoms with Crippen LogP contribution in [-0.4, -0.2) is 62.7 Å². The molecule has 1 aliphatic carbocycles. The van der Waals surface area contributed by atoms with Gasteiger partial charge in [0.05, 0.1) is 5.75 Å². The molecule has 0 radical (unpaired) electrons. The van der Waals surface area contributed by atoms with Crippen LogP contribution in [0.2, 0.25) is 0 Å². The van der Waals surface area contributed by atoms with Crippen LogP contribution in [-0.2, 0) is 24.2 Å². The molecule has 1 atom stereocenters. The maximum Gasteiger partial charge on any atom is 0.407 e. The van der Waals surface area contributed by atoms with Crippen molar-refractivity contribution in [2.24, 2.45) is 0 Å². The third-order valence-electron chi connectivity index (χ3n) is 5.15. The van der Waals surface area contributed by atoms with Crippen LogP contribution in [0.25, 0.3) is 11.1 Å². The van der Waals surface area contributed by atoms with Crippen LogP contribution >= 0.6 is 0 Å². The first-order chi connectivity index (χ1) is 15.2. The molecule has 9 nitrogen and oxygen atoms in total. The number of alkyl carbamates (subject to hydrolysis) is 1. The molecule has 0 fully saturated rings. The summed E-state index contributed by atoms with van der Waals surface area (Å²) in [6.45, 7) is -0.424. The minimum Gasteiger partial charge on any atom is -0.480 e. The Morgan fingerprint density at radius 2 is 1.59 bits per heavy atom. The highest BCUT2D eigenvalue weighted by Gasteiger charge is 2.29. The quantitative estimate of drug-likeness (QED) is 0.516. The fourth-order valence-corrected chi connectivity index (χ4v) is 4.30. The van der Waals surface area contributed by atoms with Crippen LogP contribution in [0.4, 0.5) is 4.79 Å². The van der Waals surface area contributed by atoms with Gasteiger partial charge in [-0.3, -0.25) is 4.79 Å². The maximum atomic E-state index is 12.1. The molecule has 2 aromatic rings. The fraction of sp³-hybridized carbons (Fsp3) is 0.318. The second kappa shape index (κ2) is 9.82. The molecule has 1 unspecified atom stereocenters. The number of benzene rings is 2. The van der Waals surface area contributed by atoms with Gasteiger partial charge in [0.2, 0.25) is 5.91 Å². The number of carbonyl (C=O) groups is 3. The molecule has 0 spiro atoms. The van der Waals surface area contributed by atoms with E-state index in [4.69, 9.17) is 9.84 Å². The molecule has 0 bridgehead atoms. The molecule has 3 N–H and O–H groups in total. The Morgan fingerprint density at radius 1 is 1.03 bits per heavy atom. The van der Waals surface area contributed by atoms with Crippen molar-refractivity contribution in [3.8, 4) is 11.1 Å². The zero-order valence-electron chi connectivity index (χ0n) is 17.4. The molecule has 0 aromatic heterocycles. The van der Waals surface area contributed by atoms with E-state index in [1.165, 1.54) is 0 Å². The summed E-state index contributed by atoms with van der Waals surface area (Å²) in [7, 11) is -3.38. The summed E-state index contributed by atoms with van der Waals surface area (Å²) in [5.74, 6) is -2.64. The number of rotatable bonds is 9. The van der Waals surface area contributed by atoms with Gasteiger partial charge in [0.1, 0.15) is 29.0 Å². The third kappa shape index (κ3) is 5.85. The number of carboxylic acids is 1. The van der Waals surface area contributed by atoms with Crippen LogP contribution in [0, 0.1) is 0 Å². The number of carbonyl (C=O) groups excluding carboxylic acids is 2. The fourth-order valence-electron chi connectivity index (χ4n) is 3.64. The molecular weight excluding hydrogens is 436 g/mol. The molecule has 170 valence electrons. The van der Waals surface area contributed by atoms with Crippen molar-refractivity contribution in [3.63, 3.8) is 0 Å². The topological polar surface area (TPSA) is 139 Å². The summed E-state index contributed by atoms with van der Waals surface area (Å²) in [4.78, 5) is 35.3. The molecular formula is C22H24N2O7S. The van der Waals surface area contributed by atoms with Crippen molar-refractivity contribution in [2.75, 3.05) is 25.2 Å². The van der Waals surface area contributed by atoms with E-state index >= 15 is 0 Å². The second-order valence-electron chi connectivity index (χ2n) is 7.56. The second-order valence-corrected chi connectivity index (χ2v) is 9.82. The van der Waals surface area contributed by atoms with Gasteiger partial charge in [-0.2, -0.15) is 0 Å². The first kappa shape index (κ1) is 23.3. The average Bonchev–Trinajstić information content (AvgIpc) is 3.06. The zero-order chi connectivity index (χ0) is 23.3. The molecule has 2 amide bonds. The first-order valence-electron chi connectivity index (χ1n) is 9.94. The lowest BCUT2D eigenvalue weighted by Gasteiger charge is -2.16. The summed E-state index contributed by atoms with van der Waals surface area (Å²) < 4.78 is 27.7. The van der Waals surface area contributed by atoms with Crippen molar-refractivity contribution in [1.82, 2.24) is 10.6 Å². The van der Waals surface area contributed by atoms with Crippen molar-refractivity contribution >= 4 is 27.8 Å². The highest BCUT2D eigenvalue weighted by molar-refractivity contribution is 7.90. The SMILES string of the molecule is CS(=O)(=O)CCC(NC(=O)CNC(=O)OCC1c2ccccc2-c2ccccc21)C(=O)O. The van der Waals surface area contributed by atoms with E-state index in [0.717, 1.165) is 28.5 Å². The van der Waals surface area contributed by atoms with E-state index in [1.807, 2.05) is 48.5 Å². The lowest BCUT2D eigenvalue weighted by atomic mass is 9.98. The monoisotopic (exact) mass is 460 g/mol. The molecule has 0 aliphatic heterocycles. The van der Waals surface area contributed by atoms with E-state index in [2.05, 4.69) is 10.6 Å². The number of fused-ring (bicyclic) bond motifs is 3. The Morgan fingerprint density at radius 3 is 2.12 bits per heavy atom. The van der Waals surface area contributed by atoms with Crippen molar-refractivity contribution in [3.05, 3.63) is 59.7 Å². The highest BCUT2D eigenvalue weighted by Crippen LogP contribution is 2.44. The summed E-state index contributed by atoms with van der Waals surface area (Å²) in [6, 6.07) is 14.4. The van der Waals surface area contributed by atoms with Gasteiger partial charge in [0.15, 0.2) is 0 Å². The van der Waals surface area contributed by atoms with Crippen LogP contribution in [0.3, 0.4) is 0 Å². The van der Waals surface area contributed by atoms with E-state index in [0.29, 0.717) is 0 Å². The Labute approximate surface area is 185 Å². The van der Waals surface area contributed by atoms with Crippen molar-refractivity contribution in [1.29, 1.82) is 0 Å². The Bertz CT molecular complexity index is 1090. The van der Waals surface area contributed by atoms with Crippen LogP contribution in [0.1, 0.15) is 23.5 Å². The van der Waals surface area contributed by atoms with Gasteiger partial charge in [0.25, 0.3) is 0 Å². The molecule has 0 heterocycles. The van der Waals surface area contributed by atoms with Gasteiger partial charge in [-0.1, -0.05) is 48.5 Å². The number of ether oxygens (including phenoxy) is 1. The number of hydrogen-bond donors (Lipinski definition) is 3. The van der Waals surface area contributed by atoms with Crippen molar-refractivity contribution < 1.29 is 32.6 Å². The third-order valence-corrected chi connectivity index (χ3v) is 6.12. The van der Waals surface area contributed by atoms with E-state index in [-0.39, 0.29) is 24.7 Å². The number of nitrogens with one attached hydrogen (secondary N) is 2. The molecule has 10 heteroatoms. The molecule has 32 heavy (non-hydrogen) atoms. The number of sulfone groups is 1. The van der Waals surface area contributed by atoms with E-state index in [1.54, 1.807) is 0 Å². The lowest BCUT2D eigenvalue weighted by molar-refractivity contribution is -0.141. The zero-order valence-corrected chi connectivity index (χ0v) is 18.2. The predicted molar refractivity (Wildman–Crippen MR) is 117 cm³/mol. The minimum atomic E-state index is -3.38. The molecule has 2 aromatic carbocycles. The summed E-state index contributed by atoms with van der Waals surface area (Å²) in [6.07, 6.45) is -0.109. The van der Waals surface area contributed by atoms with Gasteiger partial charge in [-0.05, 0) is 28.7 Å². The average molecular weight is 461 g/mol. The molecule has 1 aliphatic rings. The number of aliphatic carboxylic acids is 1. The predicted octanol–water partition coefficient (Wildman–Crippen LogP) is 1.53. The standard InChI is InChI=1S/C22H24N2O7S/c1-32(29,30)11-10-19(21(26)27)24-20(25)12-23-22(28)31-13-18-16-8-4-2-6-14(16)15-7-3-5-9-17(15)18/h2-9,18-19H,10-13H2,1H3,(H,23,28)(H,24,25)(H,26,27). The number of amides is 2. The van der Waals surface area contributed by atoms with Gasteiger partial charge < -0.3 is 20.5 Å². The normalized spacial score (nSPS) is 13.5. The van der Waals surface area contributed by atoms with Gasteiger partial charge in [0, 0.05) is 12.2 Å². The van der Waals surface area contributed by atoms with Gasteiger partial charge in [-0.15, -0.1) is 0 Å². The first-order valence-corrected chi connectivity index (χ1v) is 12.0. The number of hydrogen-bond acceptors (Lipinski definition) is 6. The number of carboxylic acid groups (broad SMARTS) is 1. The van der Waals surface area contributed by atoms with E-state index < -0.39 is 40.4 Å². The lowest BCUT2D eigenvalue weighted by Crippen LogP contribution is -2.46. The van der Waals surface area contributed by atoms with Gasteiger partial charge >= 0.3 is 12.1 Å². The maximum absolute atomic E-state index is 12.1. The Balaban J connectivity index is 1.51. The summed E-state index contributed by atoms with van der Waals surface area (Å²) in [5.41, 5.74) is 4.28. The largest absolute Gasteiger partial charge is 0.480 e. The smallest absolute Gasteiger partial charge is 0.407 e. The van der Waals surface area contributed by atoms with Crippen LogP contribution in [0.15, 0.2) is 48.5 Å². The van der Waals surface area contributed by atoms with Crippen LogP contribution < -0.4 is 10.6 Å². The summed E-state index contributed by atoms with van der Waals surface area (Å²) >= 11 is 0. The molecule has 0 saturated carbocycles. The minimum absolute atomic E-state index is 0.0770. The molecule has 0 saturated heterocycles. The Hall–Kier alpha value is -3.40. The summed E-state index contributed by atoms with van der Waals surface area (Å²) in [5, 5.41) is 13.6. The van der Waals surface area contributed by atoms with Crippen molar-refractivity contribution in [2.45, 2.75) is 18.4 Å². The van der Waals surface area contributed by atoms with Crippen LogP contribution in [0.5, 0.6) is 0 Å².